The largest absolute Gasteiger partial charge is 0.490 e. The zero-order valence-electron chi connectivity index (χ0n) is 19.3. The van der Waals surface area contributed by atoms with Gasteiger partial charge in [0.1, 0.15) is 25.1 Å². The van der Waals surface area contributed by atoms with E-state index < -0.39 is 18.6 Å². The van der Waals surface area contributed by atoms with Crippen LogP contribution in [0.3, 0.4) is 0 Å². The van der Waals surface area contributed by atoms with Crippen molar-refractivity contribution >= 4 is 17.2 Å². The maximum absolute atomic E-state index is 11.1. The standard InChI is InChI=1S/C23H30N4O5S/c1-5-15-8-16(6-14(3)21(15)31-12-17(29)9-25-20(30)11-28)22-26-23(32-27-22)18-7-13(2)19(33-18)10-24-4/h6-8,17,24,28-29H,5,9-12H2,1-4H3,(H,25,30)/t17-/m0/s1. The first kappa shape index (κ1) is 24.8. The predicted octanol–water partition coefficient (Wildman–Crippen LogP) is 2.21. The van der Waals surface area contributed by atoms with E-state index in [0.29, 0.717) is 23.9 Å². The molecule has 0 bridgehead atoms. The summed E-state index contributed by atoms with van der Waals surface area (Å²) in [4.78, 5) is 17.9. The number of nitrogens with zero attached hydrogens (tertiary/aromatic N) is 2. The summed E-state index contributed by atoms with van der Waals surface area (Å²) < 4.78 is 11.4. The fraction of sp³-hybridized carbons (Fsp3) is 0.435. The molecule has 0 radical (unpaired) electrons. The van der Waals surface area contributed by atoms with Gasteiger partial charge < -0.3 is 30.1 Å². The highest BCUT2D eigenvalue weighted by Gasteiger charge is 2.18. The van der Waals surface area contributed by atoms with Crippen LogP contribution in [0.15, 0.2) is 22.7 Å². The molecule has 0 unspecified atom stereocenters. The summed E-state index contributed by atoms with van der Waals surface area (Å²) in [5.74, 6) is 1.13. The first-order valence-corrected chi connectivity index (χ1v) is 11.6. The Morgan fingerprint density at radius 1 is 1.27 bits per heavy atom. The number of benzene rings is 1. The summed E-state index contributed by atoms with van der Waals surface area (Å²) in [6.07, 6.45) is -0.185. The highest BCUT2D eigenvalue weighted by molar-refractivity contribution is 7.15. The summed E-state index contributed by atoms with van der Waals surface area (Å²) in [5, 5.41) is 28.6. The van der Waals surface area contributed by atoms with Crippen LogP contribution in [0.2, 0.25) is 0 Å². The second-order valence-corrected chi connectivity index (χ2v) is 8.87. The van der Waals surface area contributed by atoms with Crippen LogP contribution >= 0.6 is 11.3 Å². The van der Waals surface area contributed by atoms with Crippen molar-refractivity contribution in [1.82, 2.24) is 20.8 Å². The summed E-state index contributed by atoms with van der Waals surface area (Å²) in [6.45, 7) is 6.20. The first-order valence-electron chi connectivity index (χ1n) is 10.8. The monoisotopic (exact) mass is 474 g/mol. The topological polar surface area (TPSA) is 130 Å². The van der Waals surface area contributed by atoms with E-state index in [2.05, 4.69) is 33.8 Å². The minimum atomic E-state index is -0.897. The van der Waals surface area contributed by atoms with Crippen LogP contribution in [0.1, 0.15) is 28.5 Å². The molecule has 2 aromatic heterocycles. The number of ether oxygens (including phenoxy) is 1. The summed E-state index contributed by atoms with van der Waals surface area (Å²) >= 11 is 1.63. The van der Waals surface area contributed by atoms with Gasteiger partial charge in [-0.2, -0.15) is 4.98 Å². The molecule has 0 saturated carbocycles. The van der Waals surface area contributed by atoms with Gasteiger partial charge in [-0.25, -0.2) is 0 Å². The maximum Gasteiger partial charge on any atom is 0.268 e. The average molecular weight is 475 g/mol. The zero-order valence-corrected chi connectivity index (χ0v) is 20.1. The number of aryl methyl sites for hydroxylation is 3. The van der Waals surface area contributed by atoms with E-state index in [9.17, 15) is 9.90 Å². The van der Waals surface area contributed by atoms with Gasteiger partial charge >= 0.3 is 0 Å². The second kappa shape index (κ2) is 11.4. The minimum absolute atomic E-state index is 0.00183. The number of thiophene rings is 1. The molecule has 0 fully saturated rings. The predicted molar refractivity (Wildman–Crippen MR) is 126 cm³/mol. The lowest BCUT2D eigenvalue weighted by atomic mass is 10.0. The Hall–Kier alpha value is -2.79. The summed E-state index contributed by atoms with van der Waals surface area (Å²) in [6, 6.07) is 5.95. The van der Waals surface area contributed by atoms with E-state index in [4.69, 9.17) is 14.4 Å². The van der Waals surface area contributed by atoms with Crippen molar-refractivity contribution in [1.29, 1.82) is 0 Å². The lowest BCUT2D eigenvalue weighted by Gasteiger charge is -2.17. The van der Waals surface area contributed by atoms with E-state index in [1.807, 2.05) is 33.0 Å². The summed E-state index contributed by atoms with van der Waals surface area (Å²) in [7, 11) is 1.92. The van der Waals surface area contributed by atoms with Crippen molar-refractivity contribution in [2.75, 3.05) is 26.8 Å². The smallest absolute Gasteiger partial charge is 0.268 e. The quantitative estimate of drug-likeness (QED) is 0.333. The molecule has 1 amide bonds. The van der Waals surface area contributed by atoms with E-state index in [-0.39, 0.29) is 13.2 Å². The van der Waals surface area contributed by atoms with Gasteiger partial charge in [0.05, 0.1) is 4.88 Å². The number of hydrogen-bond donors (Lipinski definition) is 4. The van der Waals surface area contributed by atoms with Crippen molar-refractivity contribution in [3.05, 3.63) is 39.8 Å². The van der Waals surface area contributed by atoms with Crippen molar-refractivity contribution in [3.63, 3.8) is 0 Å². The Kier molecular flexibility index (Phi) is 8.56. The highest BCUT2D eigenvalue weighted by atomic mass is 32.1. The molecule has 0 saturated heterocycles. The van der Waals surface area contributed by atoms with Crippen molar-refractivity contribution in [3.8, 4) is 27.9 Å². The molecule has 1 aromatic carbocycles. The average Bonchev–Trinajstić information content (AvgIpc) is 3.43. The van der Waals surface area contributed by atoms with Crippen LogP contribution in [0.25, 0.3) is 22.2 Å². The fourth-order valence-corrected chi connectivity index (χ4v) is 4.48. The van der Waals surface area contributed by atoms with Crippen LogP contribution in [0.5, 0.6) is 5.75 Å². The molecule has 2 heterocycles. The number of carbonyl (C=O) groups excluding carboxylic acids is 1. The minimum Gasteiger partial charge on any atom is -0.490 e. The third-order valence-corrected chi connectivity index (χ3v) is 6.31. The van der Waals surface area contributed by atoms with Crippen LogP contribution in [0, 0.1) is 13.8 Å². The Bertz CT molecular complexity index is 1090. The van der Waals surface area contributed by atoms with Crippen molar-refractivity contribution in [2.24, 2.45) is 0 Å². The number of carbonyl (C=O) groups is 1. The molecule has 1 atom stereocenters. The van der Waals surface area contributed by atoms with E-state index in [1.54, 1.807) is 11.3 Å². The first-order chi connectivity index (χ1) is 15.9. The third-order valence-electron chi connectivity index (χ3n) is 5.08. The molecule has 9 nitrogen and oxygen atoms in total. The highest BCUT2D eigenvalue weighted by Crippen LogP contribution is 2.34. The Morgan fingerprint density at radius 3 is 2.76 bits per heavy atom. The number of nitrogens with one attached hydrogen (secondary N) is 2. The number of hydrogen-bond acceptors (Lipinski definition) is 9. The van der Waals surface area contributed by atoms with E-state index >= 15 is 0 Å². The molecular formula is C23H30N4O5S. The van der Waals surface area contributed by atoms with Gasteiger partial charge in [0.25, 0.3) is 5.89 Å². The number of aliphatic hydroxyl groups is 2. The Balaban J connectivity index is 1.76. The Morgan fingerprint density at radius 2 is 2.06 bits per heavy atom. The van der Waals surface area contributed by atoms with E-state index in [1.165, 1.54) is 10.4 Å². The van der Waals surface area contributed by atoms with Crippen LogP contribution < -0.4 is 15.4 Å². The molecule has 0 spiro atoms. The SMILES string of the molecule is CCc1cc(-c2noc(-c3cc(C)c(CNC)s3)n2)cc(C)c1OC[C@@H](O)CNC(=O)CO. The maximum atomic E-state index is 11.1. The zero-order chi connectivity index (χ0) is 24.0. The summed E-state index contributed by atoms with van der Waals surface area (Å²) in [5.41, 5.74) is 3.84. The number of rotatable bonds is 11. The molecule has 0 aliphatic carbocycles. The third kappa shape index (κ3) is 6.17. The molecule has 0 aliphatic rings. The van der Waals surface area contributed by atoms with Crippen molar-refractivity contribution < 1.29 is 24.3 Å². The van der Waals surface area contributed by atoms with Crippen LogP contribution in [0.4, 0.5) is 0 Å². The number of aromatic nitrogens is 2. The van der Waals surface area contributed by atoms with Gasteiger partial charge in [-0.05, 0) is 62.2 Å². The Labute approximate surface area is 196 Å². The molecule has 4 N–H and O–H groups in total. The molecule has 178 valence electrons. The molecule has 3 rings (SSSR count). The van der Waals surface area contributed by atoms with Gasteiger partial charge in [-0.15, -0.1) is 11.3 Å². The van der Waals surface area contributed by atoms with Gasteiger partial charge in [0.15, 0.2) is 0 Å². The molecule has 0 aliphatic heterocycles. The second-order valence-electron chi connectivity index (χ2n) is 7.73. The van der Waals surface area contributed by atoms with Gasteiger partial charge in [0, 0.05) is 23.5 Å². The normalized spacial score (nSPS) is 12.1. The van der Waals surface area contributed by atoms with Gasteiger partial charge in [-0.3, -0.25) is 4.79 Å². The molecular weight excluding hydrogens is 444 g/mol. The lowest BCUT2D eigenvalue weighted by Crippen LogP contribution is -2.36. The molecule has 10 heteroatoms. The number of aliphatic hydroxyl groups excluding tert-OH is 2. The van der Waals surface area contributed by atoms with Crippen LogP contribution in [-0.4, -0.2) is 59.2 Å². The van der Waals surface area contributed by atoms with Gasteiger partial charge in [0.2, 0.25) is 11.7 Å². The lowest BCUT2D eigenvalue weighted by molar-refractivity contribution is -0.124. The number of amides is 1. The van der Waals surface area contributed by atoms with Crippen molar-refractivity contribution in [2.45, 2.75) is 39.8 Å². The van der Waals surface area contributed by atoms with E-state index in [0.717, 1.165) is 28.1 Å². The van der Waals surface area contributed by atoms with Gasteiger partial charge in [-0.1, -0.05) is 12.1 Å². The fourth-order valence-electron chi connectivity index (χ4n) is 3.37. The molecule has 3 aromatic rings. The van der Waals surface area contributed by atoms with Crippen LogP contribution in [-0.2, 0) is 17.8 Å². The molecule has 33 heavy (non-hydrogen) atoms.